The van der Waals surface area contributed by atoms with Gasteiger partial charge in [0.15, 0.2) is 0 Å². The molecule has 0 N–H and O–H groups in total. The Morgan fingerprint density at radius 2 is 1.97 bits per heavy atom. The number of pyridine rings is 2. The minimum absolute atomic E-state index is 0.00827. The summed E-state index contributed by atoms with van der Waals surface area (Å²) in [7, 11) is 0. The van der Waals surface area contributed by atoms with Crippen LogP contribution in [0.2, 0.25) is 10.0 Å². The molecule has 3 heterocycles. The van der Waals surface area contributed by atoms with Crippen molar-refractivity contribution in [3.05, 3.63) is 86.8 Å². The summed E-state index contributed by atoms with van der Waals surface area (Å²) in [5, 5.41) is 9.98. The summed E-state index contributed by atoms with van der Waals surface area (Å²) >= 11 is 12.5. The highest BCUT2D eigenvalue weighted by Crippen LogP contribution is 2.38. The minimum Gasteiger partial charge on any atom is -0.474 e. The molecule has 3 aromatic rings. The molecule has 2 aromatic heterocycles. The van der Waals surface area contributed by atoms with Crippen molar-refractivity contribution in [1.29, 1.82) is 5.26 Å². The number of nitrogens with zero attached hydrogens (tertiary/aromatic N) is 4. The van der Waals surface area contributed by atoms with Gasteiger partial charge >= 0.3 is 0 Å². The third-order valence-electron chi connectivity index (χ3n) is 6.57. The predicted octanol–water partition coefficient (Wildman–Crippen LogP) is 5.85. The zero-order valence-electron chi connectivity index (χ0n) is 19.8. The molecular weight excluding hydrogens is 483 g/mol. The molecule has 1 aliphatic heterocycles. The number of likely N-dealkylation sites (tertiary alicyclic amines) is 1. The number of ether oxygens (including phenoxy) is 1. The van der Waals surface area contributed by atoms with Crippen molar-refractivity contribution in [3.63, 3.8) is 0 Å². The third-order valence-corrected chi connectivity index (χ3v) is 7.31. The number of amides is 1. The quantitative estimate of drug-likeness (QED) is 0.417. The first-order valence-electron chi connectivity index (χ1n) is 11.5. The number of rotatable bonds is 6. The first-order chi connectivity index (χ1) is 16.8. The van der Waals surface area contributed by atoms with E-state index < -0.39 is 0 Å². The zero-order valence-corrected chi connectivity index (χ0v) is 21.3. The standard InChI is InChI=1S/C27H26Cl2N4O2/c1-4-25-16(2)9-20(13-31-25)27(34)33-14-21(17(3)35-26-8-5-18(11-30)12-32-26)22(15-33)19-6-7-23(28)24(29)10-19/h5-10,12-13,17,21-22H,4,14-15H2,1-3H3. The molecule has 0 saturated carbocycles. The molecule has 0 spiro atoms. The second-order valence-electron chi connectivity index (χ2n) is 8.82. The number of aryl methyl sites for hydroxylation is 2. The van der Waals surface area contributed by atoms with Gasteiger partial charge in [0.2, 0.25) is 5.88 Å². The first-order valence-corrected chi connectivity index (χ1v) is 12.3. The van der Waals surface area contributed by atoms with E-state index in [0.717, 1.165) is 23.2 Å². The Morgan fingerprint density at radius 1 is 1.17 bits per heavy atom. The van der Waals surface area contributed by atoms with Crippen LogP contribution in [0.25, 0.3) is 0 Å². The lowest BCUT2D eigenvalue weighted by atomic mass is 9.86. The smallest absolute Gasteiger partial charge is 0.255 e. The Labute approximate surface area is 215 Å². The number of benzene rings is 1. The van der Waals surface area contributed by atoms with E-state index in [2.05, 4.69) is 16.0 Å². The van der Waals surface area contributed by atoms with Crippen molar-refractivity contribution in [1.82, 2.24) is 14.9 Å². The second-order valence-corrected chi connectivity index (χ2v) is 9.63. The van der Waals surface area contributed by atoms with Crippen molar-refractivity contribution in [2.75, 3.05) is 13.1 Å². The van der Waals surface area contributed by atoms with Gasteiger partial charge in [0, 0.05) is 49.1 Å². The predicted molar refractivity (Wildman–Crippen MR) is 136 cm³/mol. The lowest BCUT2D eigenvalue weighted by molar-refractivity contribution is 0.0769. The molecule has 8 heteroatoms. The lowest BCUT2D eigenvalue weighted by Gasteiger charge is -2.25. The topological polar surface area (TPSA) is 79.1 Å². The van der Waals surface area contributed by atoms with E-state index in [0.29, 0.717) is 40.1 Å². The molecule has 0 radical (unpaired) electrons. The van der Waals surface area contributed by atoms with Crippen molar-refractivity contribution < 1.29 is 9.53 Å². The summed E-state index contributed by atoms with van der Waals surface area (Å²) in [6.45, 7) is 7.04. The molecular formula is C27H26Cl2N4O2. The fraction of sp³-hybridized carbons (Fsp3) is 0.333. The SMILES string of the molecule is CCc1ncc(C(=O)N2CC(c3ccc(Cl)c(Cl)c3)C(C(C)Oc3ccc(C#N)cn3)C2)cc1C. The van der Waals surface area contributed by atoms with E-state index in [9.17, 15) is 4.79 Å². The van der Waals surface area contributed by atoms with Gasteiger partial charge < -0.3 is 9.64 Å². The van der Waals surface area contributed by atoms with E-state index in [1.807, 2.05) is 43.9 Å². The molecule has 4 rings (SSSR count). The van der Waals surface area contributed by atoms with Crippen LogP contribution in [0.15, 0.2) is 48.8 Å². The summed E-state index contributed by atoms with van der Waals surface area (Å²) in [5.74, 6) is 0.354. The normalized spacial score (nSPS) is 18.2. The molecule has 0 bridgehead atoms. The lowest BCUT2D eigenvalue weighted by Crippen LogP contribution is -2.32. The number of halogens is 2. The van der Waals surface area contributed by atoms with Crippen molar-refractivity contribution in [2.24, 2.45) is 5.92 Å². The zero-order chi connectivity index (χ0) is 25.1. The molecule has 1 fully saturated rings. The Kier molecular flexibility index (Phi) is 7.59. The highest BCUT2D eigenvalue weighted by atomic mass is 35.5. The van der Waals surface area contributed by atoms with Crippen LogP contribution in [0, 0.1) is 24.2 Å². The van der Waals surface area contributed by atoms with Crippen LogP contribution >= 0.6 is 23.2 Å². The highest BCUT2D eigenvalue weighted by molar-refractivity contribution is 6.42. The maximum absolute atomic E-state index is 13.4. The molecule has 3 unspecified atom stereocenters. The van der Waals surface area contributed by atoms with Crippen LogP contribution in [-0.2, 0) is 6.42 Å². The van der Waals surface area contributed by atoms with Gasteiger partial charge in [0.05, 0.1) is 21.2 Å². The Hall–Kier alpha value is -3.14. The van der Waals surface area contributed by atoms with Crippen LogP contribution in [-0.4, -0.2) is 40.0 Å². The Bertz CT molecular complexity index is 1270. The van der Waals surface area contributed by atoms with Gasteiger partial charge in [0.25, 0.3) is 5.91 Å². The van der Waals surface area contributed by atoms with Crippen LogP contribution in [0.4, 0.5) is 0 Å². The van der Waals surface area contributed by atoms with E-state index in [-0.39, 0.29) is 23.8 Å². The van der Waals surface area contributed by atoms with E-state index in [4.69, 9.17) is 33.2 Å². The van der Waals surface area contributed by atoms with E-state index in [1.165, 1.54) is 6.20 Å². The van der Waals surface area contributed by atoms with Gasteiger partial charge in [-0.05, 0) is 55.7 Å². The molecule has 180 valence electrons. The molecule has 3 atom stereocenters. The average molecular weight is 509 g/mol. The summed E-state index contributed by atoms with van der Waals surface area (Å²) < 4.78 is 6.16. The van der Waals surface area contributed by atoms with E-state index >= 15 is 0 Å². The maximum atomic E-state index is 13.4. The summed E-state index contributed by atoms with van der Waals surface area (Å²) in [6, 6.07) is 12.9. The third kappa shape index (κ3) is 5.42. The summed E-state index contributed by atoms with van der Waals surface area (Å²) in [4.78, 5) is 24.0. The number of nitriles is 1. The fourth-order valence-electron chi connectivity index (χ4n) is 4.63. The number of hydrogen-bond donors (Lipinski definition) is 0. The molecule has 1 aliphatic rings. The number of carbonyl (C=O) groups is 1. The van der Waals surface area contributed by atoms with Gasteiger partial charge in [0.1, 0.15) is 12.2 Å². The molecule has 1 aromatic carbocycles. The Morgan fingerprint density at radius 3 is 2.60 bits per heavy atom. The van der Waals surface area contributed by atoms with Gasteiger partial charge in [-0.25, -0.2) is 4.98 Å². The van der Waals surface area contributed by atoms with E-state index in [1.54, 1.807) is 24.4 Å². The first kappa shape index (κ1) is 25.0. The number of aromatic nitrogens is 2. The number of carbonyl (C=O) groups excluding carboxylic acids is 1. The van der Waals surface area contributed by atoms with Gasteiger partial charge in [-0.2, -0.15) is 5.26 Å². The van der Waals surface area contributed by atoms with Gasteiger partial charge in [-0.15, -0.1) is 0 Å². The van der Waals surface area contributed by atoms with Gasteiger partial charge in [-0.1, -0.05) is 36.2 Å². The second kappa shape index (κ2) is 10.6. The van der Waals surface area contributed by atoms with Crippen molar-refractivity contribution >= 4 is 29.1 Å². The average Bonchev–Trinajstić information content (AvgIpc) is 3.31. The number of hydrogen-bond acceptors (Lipinski definition) is 5. The molecule has 35 heavy (non-hydrogen) atoms. The fourth-order valence-corrected chi connectivity index (χ4v) is 4.94. The molecule has 1 saturated heterocycles. The van der Waals surface area contributed by atoms with Crippen molar-refractivity contribution in [2.45, 2.75) is 39.2 Å². The molecule has 0 aliphatic carbocycles. The summed E-state index contributed by atoms with van der Waals surface area (Å²) in [5.41, 5.74) is 4.05. The maximum Gasteiger partial charge on any atom is 0.255 e. The summed E-state index contributed by atoms with van der Waals surface area (Å²) in [6.07, 6.45) is 3.72. The van der Waals surface area contributed by atoms with Crippen LogP contribution in [0.1, 0.15) is 52.5 Å². The largest absolute Gasteiger partial charge is 0.474 e. The monoisotopic (exact) mass is 508 g/mol. The van der Waals surface area contributed by atoms with Gasteiger partial charge in [-0.3, -0.25) is 9.78 Å². The Balaban J connectivity index is 1.61. The highest BCUT2D eigenvalue weighted by Gasteiger charge is 2.40. The molecule has 1 amide bonds. The van der Waals surface area contributed by atoms with Crippen LogP contribution in [0.3, 0.4) is 0 Å². The minimum atomic E-state index is -0.255. The van der Waals surface area contributed by atoms with Crippen LogP contribution in [0.5, 0.6) is 5.88 Å². The van der Waals surface area contributed by atoms with Crippen molar-refractivity contribution in [3.8, 4) is 11.9 Å². The van der Waals surface area contributed by atoms with Crippen LogP contribution < -0.4 is 4.74 Å². The molecule has 6 nitrogen and oxygen atoms in total.